The summed E-state index contributed by atoms with van der Waals surface area (Å²) >= 11 is 7.08. The van der Waals surface area contributed by atoms with Gasteiger partial charge in [0.05, 0.1) is 30.3 Å². The predicted octanol–water partition coefficient (Wildman–Crippen LogP) is 4.14. The largest absolute Gasteiger partial charge is 0.465 e. The molecule has 0 spiro atoms. The zero-order valence-corrected chi connectivity index (χ0v) is 17.0. The lowest BCUT2D eigenvalue weighted by molar-refractivity contribution is 0.0601. The van der Waals surface area contributed by atoms with Gasteiger partial charge in [-0.3, -0.25) is 4.68 Å². The summed E-state index contributed by atoms with van der Waals surface area (Å²) in [6, 6.07) is 0. The van der Waals surface area contributed by atoms with E-state index in [1.165, 1.54) is 18.4 Å². The standard InChI is InChI=1S/C18H24N4O2S2/c1-4-22-11(2)13(10-19-22)20-18(25)21-16-15(17(23)24-3)12-8-6-5-7-9-14(12)26-16/h10H,4-9H2,1-3H3,(H2,20,21,25). The number of methoxy groups -OCH3 is 1. The van der Waals surface area contributed by atoms with Crippen LogP contribution in [0.15, 0.2) is 6.20 Å². The van der Waals surface area contributed by atoms with Crippen LogP contribution in [0.25, 0.3) is 0 Å². The summed E-state index contributed by atoms with van der Waals surface area (Å²) in [6.07, 6.45) is 7.15. The zero-order chi connectivity index (χ0) is 18.7. The van der Waals surface area contributed by atoms with Crippen LogP contribution in [0.3, 0.4) is 0 Å². The van der Waals surface area contributed by atoms with E-state index < -0.39 is 0 Å². The summed E-state index contributed by atoms with van der Waals surface area (Å²) in [4.78, 5) is 13.6. The lowest BCUT2D eigenvalue weighted by Gasteiger charge is -2.11. The normalized spacial score (nSPS) is 13.7. The summed E-state index contributed by atoms with van der Waals surface area (Å²) in [6.45, 7) is 4.84. The van der Waals surface area contributed by atoms with Crippen molar-refractivity contribution in [2.45, 2.75) is 52.5 Å². The van der Waals surface area contributed by atoms with Crippen LogP contribution in [0.2, 0.25) is 0 Å². The van der Waals surface area contributed by atoms with Gasteiger partial charge in [0, 0.05) is 11.4 Å². The number of aryl methyl sites for hydroxylation is 2. The highest BCUT2D eigenvalue weighted by atomic mass is 32.1. The molecule has 0 fully saturated rings. The number of hydrogen-bond donors (Lipinski definition) is 2. The van der Waals surface area contributed by atoms with Crippen LogP contribution in [-0.2, 0) is 24.1 Å². The Bertz CT molecular complexity index is 826. The van der Waals surface area contributed by atoms with Crippen LogP contribution < -0.4 is 10.6 Å². The number of nitrogens with zero attached hydrogens (tertiary/aromatic N) is 2. The molecule has 0 aromatic carbocycles. The second-order valence-corrected chi connectivity index (χ2v) is 7.81. The van der Waals surface area contributed by atoms with Crippen molar-refractivity contribution in [1.82, 2.24) is 9.78 Å². The molecule has 0 unspecified atom stereocenters. The van der Waals surface area contributed by atoms with Crippen molar-refractivity contribution in [1.29, 1.82) is 0 Å². The lowest BCUT2D eigenvalue weighted by Crippen LogP contribution is -2.20. The first-order valence-electron chi connectivity index (χ1n) is 8.88. The van der Waals surface area contributed by atoms with Gasteiger partial charge in [-0.05, 0) is 57.3 Å². The fourth-order valence-corrected chi connectivity index (χ4v) is 4.85. The van der Waals surface area contributed by atoms with Crippen LogP contribution in [0.4, 0.5) is 10.7 Å². The Balaban J connectivity index is 1.83. The molecule has 140 valence electrons. The van der Waals surface area contributed by atoms with Crippen LogP contribution in [0.5, 0.6) is 0 Å². The molecule has 2 N–H and O–H groups in total. The number of ether oxygens (including phenoxy) is 1. The van der Waals surface area contributed by atoms with Gasteiger partial charge in [-0.15, -0.1) is 11.3 Å². The minimum absolute atomic E-state index is 0.301. The first kappa shape index (κ1) is 18.8. The van der Waals surface area contributed by atoms with Gasteiger partial charge < -0.3 is 15.4 Å². The highest BCUT2D eigenvalue weighted by Gasteiger charge is 2.25. The molecule has 26 heavy (non-hydrogen) atoms. The SMILES string of the molecule is CCn1ncc(NC(=S)Nc2sc3c(c2C(=O)OC)CCCCC3)c1C. The van der Waals surface area contributed by atoms with Gasteiger partial charge in [-0.25, -0.2) is 4.79 Å². The van der Waals surface area contributed by atoms with Crippen molar-refractivity contribution in [3.8, 4) is 0 Å². The maximum absolute atomic E-state index is 12.4. The number of nitrogens with one attached hydrogen (secondary N) is 2. The average Bonchev–Trinajstić information content (AvgIpc) is 3.05. The molecule has 2 aromatic rings. The van der Waals surface area contributed by atoms with E-state index in [2.05, 4.69) is 15.7 Å². The number of rotatable bonds is 4. The highest BCUT2D eigenvalue weighted by Crippen LogP contribution is 2.38. The zero-order valence-electron chi connectivity index (χ0n) is 15.3. The molecular weight excluding hydrogens is 368 g/mol. The van der Waals surface area contributed by atoms with E-state index in [0.29, 0.717) is 10.7 Å². The smallest absolute Gasteiger partial charge is 0.341 e. The van der Waals surface area contributed by atoms with Crippen molar-refractivity contribution >= 4 is 45.3 Å². The van der Waals surface area contributed by atoms with Gasteiger partial charge in [0.15, 0.2) is 5.11 Å². The quantitative estimate of drug-likeness (QED) is 0.463. The molecule has 0 amide bonds. The van der Waals surface area contributed by atoms with E-state index >= 15 is 0 Å². The van der Waals surface area contributed by atoms with Crippen molar-refractivity contribution in [3.05, 3.63) is 27.9 Å². The Kier molecular flexibility index (Phi) is 5.93. The van der Waals surface area contributed by atoms with Gasteiger partial charge >= 0.3 is 5.97 Å². The Hall–Kier alpha value is -1.93. The number of aromatic nitrogens is 2. The minimum Gasteiger partial charge on any atom is -0.465 e. The van der Waals surface area contributed by atoms with Crippen molar-refractivity contribution < 1.29 is 9.53 Å². The molecule has 3 rings (SSSR count). The third-order valence-electron chi connectivity index (χ3n) is 4.69. The van der Waals surface area contributed by atoms with Gasteiger partial charge in [0.25, 0.3) is 0 Å². The van der Waals surface area contributed by atoms with Crippen molar-refractivity contribution in [3.63, 3.8) is 0 Å². The molecule has 0 radical (unpaired) electrons. The third kappa shape index (κ3) is 3.76. The van der Waals surface area contributed by atoms with E-state index in [-0.39, 0.29) is 5.97 Å². The molecule has 8 heteroatoms. The van der Waals surface area contributed by atoms with Crippen LogP contribution >= 0.6 is 23.6 Å². The Morgan fingerprint density at radius 1 is 1.35 bits per heavy atom. The number of fused-ring (bicyclic) bond motifs is 1. The fourth-order valence-electron chi connectivity index (χ4n) is 3.29. The summed E-state index contributed by atoms with van der Waals surface area (Å²) < 4.78 is 6.93. The van der Waals surface area contributed by atoms with Gasteiger partial charge in [-0.1, -0.05) is 6.42 Å². The molecule has 0 saturated carbocycles. The number of thiophene rings is 1. The van der Waals surface area contributed by atoms with E-state index in [0.717, 1.165) is 54.2 Å². The number of anilines is 2. The van der Waals surface area contributed by atoms with Gasteiger partial charge in [-0.2, -0.15) is 5.10 Å². The molecule has 1 aliphatic rings. The number of esters is 1. The summed E-state index contributed by atoms with van der Waals surface area (Å²) in [7, 11) is 1.42. The molecule has 0 aliphatic heterocycles. The summed E-state index contributed by atoms with van der Waals surface area (Å²) in [5.74, 6) is -0.301. The van der Waals surface area contributed by atoms with Crippen LogP contribution in [0, 0.1) is 6.92 Å². The van der Waals surface area contributed by atoms with Crippen molar-refractivity contribution in [2.75, 3.05) is 17.7 Å². The predicted molar refractivity (Wildman–Crippen MR) is 109 cm³/mol. The highest BCUT2D eigenvalue weighted by molar-refractivity contribution is 7.80. The van der Waals surface area contributed by atoms with Gasteiger partial charge in [0.2, 0.25) is 0 Å². The Labute approximate surface area is 162 Å². The lowest BCUT2D eigenvalue weighted by atomic mass is 10.1. The van der Waals surface area contributed by atoms with E-state index in [1.807, 2.05) is 18.5 Å². The maximum Gasteiger partial charge on any atom is 0.341 e. The van der Waals surface area contributed by atoms with Crippen LogP contribution in [-0.4, -0.2) is 28.0 Å². The van der Waals surface area contributed by atoms with Crippen LogP contribution in [0.1, 0.15) is 52.7 Å². The Morgan fingerprint density at radius 3 is 2.81 bits per heavy atom. The topological polar surface area (TPSA) is 68.2 Å². The molecular formula is C18H24N4O2S2. The number of thiocarbonyl (C=S) groups is 1. The second kappa shape index (κ2) is 8.18. The van der Waals surface area contributed by atoms with E-state index in [9.17, 15) is 4.79 Å². The number of carbonyl (C=O) groups is 1. The summed E-state index contributed by atoms with van der Waals surface area (Å²) in [5, 5.41) is 11.9. The molecule has 0 bridgehead atoms. The van der Waals surface area contributed by atoms with Crippen molar-refractivity contribution in [2.24, 2.45) is 0 Å². The Morgan fingerprint density at radius 2 is 2.12 bits per heavy atom. The number of carbonyl (C=O) groups excluding carboxylic acids is 1. The maximum atomic E-state index is 12.4. The molecule has 0 saturated heterocycles. The van der Waals surface area contributed by atoms with E-state index in [4.69, 9.17) is 17.0 Å². The molecule has 6 nitrogen and oxygen atoms in total. The average molecular weight is 393 g/mol. The summed E-state index contributed by atoms with van der Waals surface area (Å²) in [5.41, 5.74) is 3.65. The first-order chi connectivity index (χ1) is 12.5. The minimum atomic E-state index is -0.301. The third-order valence-corrected chi connectivity index (χ3v) is 6.10. The first-order valence-corrected chi connectivity index (χ1v) is 10.1. The molecule has 2 aromatic heterocycles. The number of hydrogen-bond acceptors (Lipinski definition) is 5. The molecule has 0 atom stereocenters. The fraction of sp³-hybridized carbons (Fsp3) is 0.500. The second-order valence-electron chi connectivity index (χ2n) is 6.30. The molecule has 1 aliphatic carbocycles. The monoisotopic (exact) mass is 392 g/mol. The van der Waals surface area contributed by atoms with E-state index in [1.54, 1.807) is 17.5 Å². The molecule has 2 heterocycles. The van der Waals surface area contributed by atoms with Gasteiger partial charge in [0.1, 0.15) is 5.00 Å².